The molecular formula is C10H19NO4. The number of amides is 1. The summed E-state index contributed by atoms with van der Waals surface area (Å²) in [5.41, 5.74) is 0. The predicted molar refractivity (Wildman–Crippen MR) is 57.4 cm³/mol. The number of carbonyl (C=O) groups is 2. The van der Waals surface area contributed by atoms with E-state index in [9.17, 15) is 9.59 Å². The lowest BCUT2D eigenvalue weighted by atomic mass is 10.3. The van der Waals surface area contributed by atoms with Crippen LogP contribution in [0.25, 0.3) is 0 Å². The van der Waals surface area contributed by atoms with Crippen molar-refractivity contribution in [3.63, 3.8) is 0 Å². The van der Waals surface area contributed by atoms with Crippen LogP contribution in [0.15, 0.2) is 12.7 Å². The van der Waals surface area contributed by atoms with Crippen LogP contribution in [0.3, 0.4) is 0 Å². The van der Waals surface area contributed by atoms with Crippen molar-refractivity contribution >= 4 is 11.9 Å². The SMILES string of the molecule is C=CCCC(=O)O.CC(=O)NC(C)CO. The Labute approximate surface area is 89.8 Å². The first-order valence-electron chi connectivity index (χ1n) is 4.64. The molecule has 0 radical (unpaired) electrons. The van der Waals surface area contributed by atoms with Gasteiger partial charge in [-0.15, -0.1) is 6.58 Å². The highest BCUT2D eigenvalue weighted by Crippen LogP contribution is 1.86. The number of hydrogen-bond acceptors (Lipinski definition) is 3. The maximum absolute atomic E-state index is 10.2. The highest BCUT2D eigenvalue weighted by Gasteiger charge is 1.97. The van der Waals surface area contributed by atoms with E-state index in [4.69, 9.17) is 10.2 Å². The van der Waals surface area contributed by atoms with Gasteiger partial charge in [0.15, 0.2) is 0 Å². The van der Waals surface area contributed by atoms with Crippen molar-refractivity contribution in [2.24, 2.45) is 0 Å². The van der Waals surface area contributed by atoms with Gasteiger partial charge in [-0.3, -0.25) is 9.59 Å². The quantitative estimate of drug-likeness (QED) is 0.587. The van der Waals surface area contributed by atoms with Crippen LogP contribution in [0.1, 0.15) is 26.7 Å². The highest BCUT2D eigenvalue weighted by molar-refractivity contribution is 5.73. The topological polar surface area (TPSA) is 86.6 Å². The molecular weight excluding hydrogens is 198 g/mol. The zero-order valence-electron chi connectivity index (χ0n) is 9.19. The van der Waals surface area contributed by atoms with E-state index in [0.717, 1.165) is 0 Å². The summed E-state index contributed by atoms with van der Waals surface area (Å²) in [5, 5.41) is 18.9. The second-order valence-corrected chi connectivity index (χ2v) is 3.01. The number of hydrogen-bond donors (Lipinski definition) is 3. The summed E-state index contributed by atoms with van der Waals surface area (Å²) in [6.45, 7) is 6.53. The zero-order valence-corrected chi connectivity index (χ0v) is 9.19. The fourth-order valence-corrected chi connectivity index (χ4v) is 0.618. The summed E-state index contributed by atoms with van der Waals surface area (Å²) < 4.78 is 0. The number of carboxylic acid groups (broad SMARTS) is 1. The summed E-state index contributed by atoms with van der Waals surface area (Å²) in [6, 6.07) is -0.118. The van der Waals surface area contributed by atoms with E-state index in [1.54, 1.807) is 13.0 Å². The first-order chi connectivity index (χ1) is 6.93. The Bertz CT molecular complexity index is 204. The maximum atomic E-state index is 10.2. The van der Waals surface area contributed by atoms with Crippen LogP contribution < -0.4 is 5.32 Å². The van der Waals surface area contributed by atoms with Gasteiger partial charge >= 0.3 is 5.97 Å². The van der Waals surface area contributed by atoms with Gasteiger partial charge in [-0.1, -0.05) is 6.08 Å². The standard InChI is InChI=1S/C5H11NO2.C5H8O2/c1-4(3-7)6-5(2)8;1-2-3-4-5(6)7/h4,7H,3H2,1-2H3,(H,6,8);2H,1,3-4H2,(H,6,7). The van der Waals surface area contributed by atoms with E-state index in [1.165, 1.54) is 6.92 Å². The van der Waals surface area contributed by atoms with E-state index in [0.29, 0.717) is 6.42 Å². The van der Waals surface area contributed by atoms with Gasteiger partial charge in [0.1, 0.15) is 0 Å². The van der Waals surface area contributed by atoms with Crippen molar-refractivity contribution in [3.8, 4) is 0 Å². The summed E-state index contributed by atoms with van der Waals surface area (Å²) in [6.07, 6.45) is 2.35. The minimum Gasteiger partial charge on any atom is -0.481 e. The molecule has 5 heteroatoms. The molecule has 0 bridgehead atoms. The van der Waals surface area contributed by atoms with E-state index in [1.807, 2.05) is 0 Å². The molecule has 0 aromatic rings. The lowest BCUT2D eigenvalue weighted by Crippen LogP contribution is -2.32. The second-order valence-electron chi connectivity index (χ2n) is 3.01. The van der Waals surface area contributed by atoms with Crippen LogP contribution in [-0.2, 0) is 9.59 Å². The summed E-state index contributed by atoms with van der Waals surface area (Å²) in [4.78, 5) is 19.9. The zero-order chi connectivity index (χ0) is 12.3. The van der Waals surface area contributed by atoms with Gasteiger partial charge in [0.25, 0.3) is 0 Å². The third-order valence-electron chi connectivity index (χ3n) is 1.29. The number of allylic oxidation sites excluding steroid dienone is 1. The molecule has 1 unspecified atom stereocenters. The van der Waals surface area contributed by atoms with Crippen molar-refractivity contribution in [1.82, 2.24) is 5.32 Å². The molecule has 0 rings (SSSR count). The second kappa shape index (κ2) is 10.7. The summed E-state index contributed by atoms with van der Waals surface area (Å²) in [5.74, 6) is -0.869. The van der Waals surface area contributed by atoms with E-state index < -0.39 is 5.97 Å². The lowest BCUT2D eigenvalue weighted by Gasteiger charge is -2.06. The van der Waals surface area contributed by atoms with E-state index in [-0.39, 0.29) is 25.0 Å². The number of carboxylic acids is 1. The predicted octanol–water partition coefficient (Wildman–Crippen LogP) is 0.541. The Kier molecular flexibility index (Phi) is 11.5. The van der Waals surface area contributed by atoms with Crippen molar-refractivity contribution in [2.75, 3.05) is 6.61 Å². The van der Waals surface area contributed by atoms with Crippen LogP contribution in [0.5, 0.6) is 0 Å². The molecule has 0 aliphatic carbocycles. The summed E-state index contributed by atoms with van der Waals surface area (Å²) >= 11 is 0. The average molecular weight is 217 g/mol. The van der Waals surface area contributed by atoms with Crippen molar-refractivity contribution < 1.29 is 19.8 Å². The van der Waals surface area contributed by atoms with Crippen molar-refractivity contribution in [2.45, 2.75) is 32.7 Å². The monoisotopic (exact) mass is 217 g/mol. The first kappa shape index (κ1) is 16.1. The number of rotatable bonds is 5. The Morgan fingerprint density at radius 3 is 2.20 bits per heavy atom. The molecule has 5 nitrogen and oxygen atoms in total. The molecule has 0 saturated heterocycles. The Balaban J connectivity index is 0. The van der Waals surface area contributed by atoms with Crippen molar-refractivity contribution in [3.05, 3.63) is 12.7 Å². The van der Waals surface area contributed by atoms with Gasteiger partial charge in [0.05, 0.1) is 6.61 Å². The molecule has 88 valence electrons. The minimum absolute atomic E-state index is 0.000417. The average Bonchev–Trinajstić information content (AvgIpc) is 2.14. The fraction of sp³-hybridized carbons (Fsp3) is 0.600. The number of nitrogens with one attached hydrogen (secondary N) is 1. The molecule has 3 N–H and O–H groups in total. The molecule has 15 heavy (non-hydrogen) atoms. The van der Waals surface area contributed by atoms with Gasteiger partial charge < -0.3 is 15.5 Å². The van der Waals surface area contributed by atoms with Gasteiger partial charge in [-0.05, 0) is 13.3 Å². The molecule has 0 spiro atoms. The normalized spacial score (nSPS) is 10.6. The molecule has 0 heterocycles. The highest BCUT2D eigenvalue weighted by atomic mass is 16.4. The molecule has 1 amide bonds. The minimum atomic E-state index is -0.764. The van der Waals surface area contributed by atoms with Crippen LogP contribution in [0, 0.1) is 0 Å². The third-order valence-corrected chi connectivity index (χ3v) is 1.29. The third kappa shape index (κ3) is 19.2. The van der Waals surface area contributed by atoms with Crippen molar-refractivity contribution in [1.29, 1.82) is 0 Å². The number of aliphatic carboxylic acids is 1. The van der Waals surface area contributed by atoms with Gasteiger partial charge in [0, 0.05) is 19.4 Å². The number of carbonyl (C=O) groups excluding carboxylic acids is 1. The van der Waals surface area contributed by atoms with Gasteiger partial charge in [0.2, 0.25) is 5.91 Å². The van der Waals surface area contributed by atoms with E-state index in [2.05, 4.69) is 11.9 Å². The van der Waals surface area contributed by atoms with Gasteiger partial charge in [-0.25, -0.2) is 0 Å². The molecule has 0 aromatic heterocycles. The van der Waals surface area contributed by atoms with Crippen LogP contribution in [-0.4, -0.2) is 34.7 Å². The fourth-order valence-electron chi connectivity index (χ4n) is 0.618. The van der Waals surface area contributed by atoms with E-state index >= 15 is 0 Å². The smallest absolute Gasteiger partial charge is 0.303 e. The van der Waals surface area contributed by atoms with Gasteiger partial charge in [-0.2, -0.15) is 0 Å². The molecule has 0 aliphatic heterocycles. The Hall–Kier alpha value is -1.36. The lowest BCUT2D eigenvalue weighted by molar-refractivity contribution is -0.136. The number of aliphatic hydroxyl groups excluding tert-OH is 1. The van der Waals surface area contributed by atoms with Crippen LogP contribution in [0.4, 0.5) is 0 Å². The molecule has 1 atom stereocenters. The molecule has 0 aliphatic rings. The molecule has 0 fully saturated rings. The van der Waals surface area contributed by atoms with Crippen LogP contribution in [0.2, 0.25) is 0 Å². The Morgan fingerprint density at radius 2 is 2.07 bits per heavy atom. The summed E-state index contributed by atoms with van der Waals surface area (Å²) in [7, 11) is 0. The molecule has 0 aromatic carbocycles. The molecule has 0 saturated carbocycles. The first-order valence-corrected chi connectivity index (χ1v) is 4.64. The Morgan fingerprint density at radius 1 is 1.53 bits per heavy atom. The number of aliphatic hydroxyl groups is 1. The van der Waals surface area contributed by atoms with Crippen LogP contribution >= 0.6 is 0 Å². The maximum Gasteiger partial charge on any atom is 0.303 e. The largest absolute Gasteiger partial charge is 0.481 e.